The Morgan fingerprint density at radius 1 is 1.26 bits per heavy atom. The fraction of sp³-hybridized carbons (Fsp3) is 0.421. The van der Waals surface area contributed by atoms with Gasteiger partial charge in [-0.1, -0.05) is 18.3 Å². The molecule has 0 aromatic carbocycles. The van der Waals surface area contributed by atoms with Crippen LogP contribution in [0.5, 0.6) is 0 Å². The van der Waals surface area contributed by atoms with Crippen LogP contribution in [0.4, 0.5) is 9.93 Å². The predicted octanol–water partition coefficient (Wildman–Crippen LogP) is 3.85. The van der Waals surface area contributed by atoms with Gasteiger partial charge >= 0.3 is 6.03 Å². The van der Waals surface area contributed by atoms with Crippen molar-refractivity contribution in [3.8, 4) is 0 Å². The van der Waals surface area contributed by atoms with Gasteiger partial charge in [0.25, 0.3) is 0 Å². The number of nitrogens with one attached hydrogen (secondary N) is 1. The van der Waals surface area contributed by atoms with Crippen molar-refractivity contribution in [3.05, 3.63) is 41.2 Å². The second-order valence-electron chi connectivity index (χ2n) is 6.73. The lowest BCUT2D eigenvalue weighted by molar-refractivity contribution is 0.194. The topological polar surface area (TPSA) is 83.9 Å². The normalized spacial score (nSPS) is 15.2. The zero-order valence-corrected chi connectivity index (χ0v) is 16.1. The molecule has 0 saturated carbocycles. The van der Waals surface area contributed by atoms with Gasteiger partial charge < -0.3 is 4.90 Å². The number of hydrogen-bond acceptors (Lipinski definition) is 6. The maximum Gasteiger partial charge on any atom is 0.323 e. The average Bonchev–Trinajstić information content (AvgIpc) is 3.15. The van der Waals surface area contributed by atoms with Crippen molar-refractivity contribution in [3.63, 3.8) is 0 Å². The van der Waals surface area contributed by atoms with Crippen LogP contribution in [-0.4, -0.2) is 44.2 Å². The molecule has 4 rings (SSSR count). The van der Waals surface area contributed by atoms with E-state index in [9.17, 15) is 4.79 Å². The largest absolute Gasteiger partial charge is 0.324 e. The first kappa shape index (κ1) is 17.8. The Bertz CT molecular complexity index is 935. The van der Waals surface area contributed by atoms with Crippen LogP contribution in [0, 0.1) is 0 Å². The molecule has 1 N–H and O–H groups in total. The average molecular weight is 382 g/mol. The van der Waals surface area contributed by atoms with E-state index >= 15 is 0 Å². The molecule has 7 nitrogen and oxygen atoms in total. The van der Waals surface area contributed by atoms with Crippen molar-refractivity contribution in [2.24, 2.45) is 0 Å². The van der Waals surface area contributed by atoms with Gasteiger partial charge in [0.1, 0.15) is 5.01 Å². The summed E-state index contributed by atoms with van der Waals surface area (Å²) in [6.07, 6.45) is 5.48. The summed E-state index contributed by atoms with van der Waals surface area (Å²) < 4.78 is 0. The summed E-state index contributed by atoms with van der Waals surface area (Å²) in [5.41, 5.74) is 1.85. The van der Waals surface area contributed by atoms with E-state index in [4.69, 9.17) is 4.98 Å². The van der Waals surface area contributed by atoms with Crippen LogP contribution in [0.1, 0.15) is 42.8 Å². The van der Waals surface area contributed by atoms with E-state index in [1.807, 2.05) is 17.0 Å². The molecule has 4 heterocycles. The van der Waals surface area contributed by atoms with Crippen molar-refractivity contribution in [1.29, 1.82) is 0 Å². The molecule has 140 valence electrons. The number of amides is 2. The number of anilines is 1. The van der Waals surface area contributed by atoms with Crippen LogP contribution in [-0.2, 0) is 6.42 Å². The molecular formula is C19H22N6OS. The molecule has 27 heavy (non-hydrogen) atoms. The highest BCUT2D eigenvalue weighted by Gasteiger charge is 2.25. The van der Waals surface area contributed by atoms with Crippen LogP contribution in [0.15, 0.2) is 30.5 Å². The molecule has 3 aromatic rings. The molecule has 0 aliphatic carbocycles. The molecule has 0 unspecified atom stereocenters. The molecule has 1 fully saturated rings. The molecule has 1 aliphatic rings. The van der Waals surface area contributed by atoms with E-state index in [1.165, 1.54) is 11.3 Å². The number of piperidine rings is 1. The SMILES string of the molecule is CCCc1nnc(NC(=O)N2CCC(c3ccc4cccnc4n3)CC2)s1. The Balaban J connectivity index is 1.35. The van der Waals surface area contributed by atoms with Gasteiger partial charge in [0.15, 0.2) is 5.65 Å². The van der Waals surface area contributed by atoms with Gasteiger partial charge in [0, 0.05) is 42.7 Å². The Kier molecular flexibility index (Phi) is 5.24. The number of pyridine rings is 2. The molecule has 0 radical (unpaired) electrons. The van der Waals surface area contributed by atoms with Gasteiger partial charge in [-0.25, -0.2) is 14.8 Å². The molecule has 8 heteroatoms. The number of aromatic nitrogens is 4. The fourth-order valence-electron chi connectivity index (χ4n) is 3.36. The lowest BCUT2D eigenvalue weighted by Crippen LogP contribution is -2.40. The molecule has 0 spiro atoms. The van der Waals surface area contributed by atoms with Gasteiger partial charge in [-0.2, -0.15) is 0 Å². The van der Waals surface area contributed by atoms with Gasteiger partial charge in [0.05, 0.1) is 0 Å². The summed E-state index contributed by atoms with van der Waals surface area (Å²) in [5, 5.41) is 13.6. The predicted molar refractivity (Wildman–Crippen MR) is 106 cm³/mol. The third-order valence-corrected chi connectivity index (χ3v) is 5.73. The third kappa shape index (κ3) is 4.05. The maximum absolute atomic E-state index is 12.5. The number of nitrogens with zero attached hydrogens (tertiary/aromatic N) is 5. The van der Waals surface area contributed by atoms with Crippen molar-refractivity contribution < 1.29 is 4.79 Å². The molecule has 0 atom stereocenters. The first-order chi connectivity index (χ1) is 13.2. The fourth-order valence-corrected chi connectivity index (χ4v) is 4.19. The number of urea groups is 1. The van der Waals surface area contributed by atoms with Crippen LogP contribution >= 0.6 is 11.3 Å². The number of hydrogen-bond donors (Lipinski definition) is 1. The summed E-state index contributed by atoms with van der Waals surface area (Å²) >= 11 is 1.45. The zero-order valence-electron chi connectivity index (χ0n) is 15.3. The van der Waals surface area contributed by atoms with E-state index in [0.29, 0.717) is 24.1 Å². The van der Waals surface area contributed by atoms with Crippen LogP contribution in [0.25, 0.3) is 11.0 Å². The summed E-state index contributed by atoms with van der Waals surface area (Å²) in [6, 6.07) is 8.00. The lowest BCUT2D eigenvalue weighted by Gasteiger charge is -2.31. The highest BCUT2D eigenvalue weighted by atomic mass is 32.1. The van der Waals surface area contributed by atoms with Crippen LogP contribution < -0.4 is 5.32 Å². The number of carbonyl (C=O) groups excluding carboxylic acids is 1. The van der Waals surface area contributed by atoms with Gasteiger partial charge in [-0.05, 0) is 43.5 Å². The summed E-state index contributed by atoms with van der Waals surface area (Å²) in [6.45, 7) is 3.52. The Morgan fingerprint density at radius 2 is 2.11 bits per heavy atom. The standard InChI is InChI=1S/C19H22N6OS/c1-2-4-16-23-24-18(27-16)22-19(26)25-11-8-13(9-12-25)15-7-6-14-5-3-10-20-17(14)21-15/h3,5-7,10,13H,2,4,8-9,11-12H2,1H3,(H,22,24,26). The minimum absolute atomic E-state index is 0.0965. The first-order valence-electron chi connectivity index (χ1n) is 9.33. The minimum atomic E-state index is -0.0965. The van der Waals surface area contributed by atoms with E-state index in [2.05, 4.69) is 39.6 Å². The summed E-state index contributed by atoms with van der Waals surface area (Å²) in [5.74, 6) is 0.359. The molecule has 0 bridgehead atoms. The number of fused-ring (bicyclic) bond motifs is 1. The number of carbonyl (C=O) groups is 1. The maximum atomic E-state index is 12.5. The van der Waals surface area contributed by atoms with Gasteiger partial charge in [0.2, 0.25) is 5.13 Å². The minimum Gasteiger partial charge on any atom is -0.324 e. The molecular weight excluding hydrogens is 360 g/mol. The van der Waals surface area contributed by atoms with Crippen molar-refractivity contribution >= 4 is 33.5 Å². The molecule has 1 aliphatic heterocycles. The highest BCUT2D eigenvalue weighted by molar-refractivity contribution is 7.15. The van der Waals surface area contributed by atoms with Gasteiger partial charge in [-0.15, -0.1) is 10.2 Å². The summed E-state index contributed by atoms with van der Waals surface area (Å²) in [7, 11) is 0. The molecule has 3 aromatic heterocycles. The number of likely N-dealkylation sites (tertiary alicyclic amines) is 1. The second kappa shape index (κ2) is 7.96. The lowest BCUT2D eigenvalue weighted by atomic mass is 9.93. The van der Waals surface area contributed by atoms with E-state index in [1.54, 1.807) is 6.20 Å². The third-order valence-electron chi connectivity index (χ3n) is 4.83. The zero-order chi connectivity index (χ0) is 18.6. The second-order valence-corrected chi connectivity index (χ2v) is 7.79. The first-order valence-corrected chi connectivity index (χ1v) is 10.1. The van der Waals surface area contributed by atoms with Crippen molar-refractivity contribution in [2.75, 3.05) is 18.4 Å². The number of rotatable bonds is 4. The number of aryl methyl sites for hydroxylation is 1. The van der Waals surface area contributed by atoms with E-state index in [0.717, 1.165) is 47.4 Å². The summed E-state index contributed by atoms with van der Waals surface area (Å²) in [4.78, 5) is 23.4. The molecule has 1 saturated heterocycles. The van der Waals surface area contributed by atoms with Crippen molar-refractivity contribution in [1.82, 2.24) is 25.1 Å². The van der Waals surface area contributed by atoms with Crippen LogP contribution in [0.3, 0.4) is 0 Å². The Hall–Kier alpha value is -2.61. The van der Waals surface area contributed by atoms with Crippen LogP contribution in [0.2, 0.25) is 0 Å². The smallest absolute Gasteiger partial charge is 0.323 e. The molecule has 2 amide bonds. The monoisotopic (exact) mass is 382 g/mol. The Labute approximate surface area is 161 Å². The Morgan fingerprint density at radius 3 is 2.93 bits per heavy atom. The van der Waals surface area contributed by atoms with Gasteiger partial charge in [-0.3, -0.25) is 5.32 Å². The van der Waals surface area contributed by atoms with E-state index in [-0.39, 0.29) is 6.03 Å². The quantitative estimate of drug-likeness (QED) is 0.741. The highest BCUT2D eigenvalue weighted by Crippen LogP contribution is 2.28. The van der Waals surface area contributed by atoms with E-state index < -0.39 is 0 Å². The van der Waals surface area contributed by atoms with Crippen molar-refractivity contribution in [2.45, 2.75) is 38.5 Å².